The molecular weight excluding hydrogens is 318 g/mol. The Hall–Kier alpha value is -1.63. The second kappa shape index (κ2) is 7.77. The van der Waals surface area contributed by atoms with Crippen LogP contribution in [0, 0.1) is 6.92 Å². The summed E-state index contributed by atoms with van der Waals surface area (Å²) in [5.74, 6) is -1.50. The fraction of sp³-hybridized carbons (Fsp3) is 0.500. The fourth-order valence-corrected chi connectivity index (χ4v) is 3.03. The first-order chi connectivity index (χ1) is 10.9. The highest BCUT2D eigenvalue weighted by Crippen LogP contribution is 2.20. The minimum atomic E-state index is -1.17. The Morgan fingerprint density at radius 1 is 1.30 bits per heavy atom. The van der Waals surface area contributed by atoms with Crippen LogP contribution < -0.4 is 20.2 Å². The Balaban J connectivity index is 2.00. The van der Waals surface area contributed by atoms with E-state index in [1.54, 1.807) is 12.1 Å². The molecule has 1 aromatic rings. The van der Waals surface area contributed by atoms with Gasteiger partial charge in [-0.05, 0) is 24.6 Å². The maximum absolute atomic E-state index is 12.2. The summed E-state index contributed by atoms with van der Waals surface area (Å²) in [4.78, 5) is 26.0. The number of aliphatic carboxylic acids is 1. The van der Waals surface area contributed by atoms with Crippen LogP contribution in [0.15, 0.2) is 18.2 Å². The number of hydrogen-bond donors (Lipinski definition) is 3. The molecule has 0 spiro atoms. The molecule has 0 bridgehead atoms. The number of nitrogens with one attached hydrogen (secondary N) is 3. The SMILES string of the molecule is Cc1ccc(Cl)cc1NC(=O)C[C@@H](C(=O)[O-])[NH+]1CC[NH+](C)CC1. The lowest BCUT2D eigenvalue weighted by atomic mass is 10.1. The number of amides is 1. The van der Waals surface area contributed by atoms with Gasteiger partial charge < -0.3 is 25.0 Å². The average molecular weight is 341 g/mol. The number of quaternary nitrogens is 2. The molecule has 23 heavy (non-hydrogen) atoms. The first-order valence-electron chi connectivity index (χ1n) is 7.79. The number of benzene rings is 1. The number of hydrogen-bond acceptors (Lipinski definition) is 3. The van der Waals surface area contributed by atoms with Crippen LogP contribution in [0.4, 0.5) is 5.69 Å². The molecular formula is C16H23ClN3O3+. The molecule has 1 aromatic carbocycles. The van der Waals surface area contributed by atoms with Crippen molar-refractivity contribution in [1.82, 2.24) is 0 Å². The molecule has 6 nitrogen and oxygen atoms in total. The van der Waals surface area contributed by atoms with Gasteiger partial charge in [0.25, 0.3) is 0 Å². The highest BCUT2D eigenvalue weighted by atomic mass is 35.5. The molecule has 1 heterocycles. The topological polar surface area (TPSA) is 78.1 Å². The molecule has 0 unspecified atom stereocenters. The summed E-state index contributed by atoms with van der Waals surface area (Å²) < 4.78 is 0. The van der Waals surface area contributed by atoms with E-state index >= 15 is 0 Å². The van der Waals surface area contributed by atoms with Crippen molar-refractivity contribution in [3.63, 3.8) is 0 Å². The van der Waals surface area contributed by atoms with Crippen molar-refractivity contribution in [2.45, 2.75) is 19.4 Å². The van der Waals surface area contributed by atoms with Crippen molar-refractivity contribution >= 4 is 29.2 Å². The number of carboxylic acid groups (broad SMARTS) is 1. The lowest BCUT2D eigenvalue weighted by Gasteiger charge is -2.33. The van der Waals surface area contributed by atoms with Crippen molar-refractivity contribution in [1.29, 1.82) is 0 Å². The molecule has 1 saturated heterocycles. The lowest BCUT2D eigenvalue weighted by molar-refractivity contribution is -1.01. The maximum atomic E-state index is 12.2. The van der Waals surface area contributed by atoms with Crippen molar-refractivity contribution in [3.8, 4) is 0 Å². The zero-order valence-electron chi connectivity index (χ0n) is 13.4. The number of halogens is 1. The maximum Gasteiger partial charge on any atom is 0.230 e. The van der Waals surface area contributed by atoms with Gasteiger partial charge in [-0.3, -0.25) is 4.79 Å². The van der Waals surface area contributed by atoms with E-state index in [0.29, 0.717) is 10.7 Å². The Bertz CT molecular complexity index is 586. The number of anilines is 1. The quantitative estimate of drug-likeness (QED) is 0.555. The van der Waals surface area contributed by atoms with Crippen LogP contribution in [-0.2, 0) is 9.59 Å². The molecule has 0 aromatic heterocycles. The van der Waals surface area contributed by atoms with Crippen LogP contribution in [0.3, 0.4) is 0 Å². The van der Waals surface area contributed by atoms with Gasteiger partial charge in [0.05, 0.1) is 19.4 Å². The molecule has 0 radical (unpaired) electrons. The first-order valence-corrected chi connectivity index (χ1v) is 8.17. The Labute approximate surface area is 141 Å². The van der Waals surface area contributed by atoms with E-state index in [1.807, 2.05) is 13.0 Å². The third kappa shape index (κ3) is 4.92. The fourth-order valence-electron chi connectivity index (χ4n) is 2.86. The third-order valence-electron chi connectivity index (χ3n) is 4.39. The highest BCUT2D eigenvalue weighted by molar-refractivity contribution is 6.31. The van der Waals surface area contributed by atoms with Crippen LogP contribution in [0.25, 0.3) is 0 Å². The van der Waals surface area contributed by atoms with E-state index in [-0.39, 0.29) is 12.3 Å². The standard InChI is InChI=1S/C16H22ClN3O3/c1-11-3-4-12(17)9-13(11)18-15(21)10-14(16(22)23)20-7-5-19(2)6-8-20/h3-4,9,14H,5-8,10H2,1-2H3,(H,18,21)(H,22,23)/p+1/t14-/m0/s1. The Morgan fingerprint density at radius 2 is 1.96 bits per heavy atom. The summed E-state index contributed by atoms with van der Waals surface area (Å²) in [6.07, 6.45) is -0.0946. The van der Waals surface area contributed by atoms with Gasteiger partial charge in [0.2, 0.25) is 5.91 Å². The smallest absolute Gasteiger partial charge is 0.230 e. The van der Waals surface area contributed by atoms with E-state index in [1.165, 1.54) is 4.90 Å². The number of carbonyl (C=O) groups is 2. The summed E-state index contributed by atoms with van der Waals surface area (Å²) in [7, 11) is 2.08. The number of aryl methyl sites for hydroxylation is 1. The van der Waals surface area contributed by atoms with Crippen LogP contribution in [0.5, 0.6) is 0 Å². The van der Waals surface area contributed by atoms with Crippen molar-refractivity contribution in [2.75, 3.05) is 38.5 Å². The molecule has 126 valence electrons. The molecule has 0 saturated carbocycles. The molecule has 1 atom stereocenters. The van der Waals surface area contributed by atoms with Gasteiger partial charge in [-0.1, -0.05) is 17.7 Å². The normalized spacial score (nSPS) is 22.4. The van der Waals surface area contributed by atoms with Crippen LogP contribution in [-0.4, -0.2) is 51.1 Å². The number of rotatable bonds is 5. The van der Waals surface area contributed by atoms with Gasteiger partial charge in [-0.2, -0.15) is 0 Å². The summed E-state index contributed by atoms with van der Waals surface area (Å²) >= 11 is 5.93. The van der Waals surface area contributed by atoms with E-state index in [2.05, 4.69) is 12.4 Å². The molecule has 1 fully saturated rings. The highest BCUT2D eigenvalue weighted by Gasteiger charge is 2.30. The van der Waals surface area contributed by atoms with Crippen LogP contribution in [0.2, 0.25) is 5.02 Å². The van der Waals surface area contributed by atoms with Gasteiger partial charge >= 0.3 is 0 Å². The molecule has 1 aliphatic rings. The Kier molecular flexibility index (Phi) is 5.98. The second-order valence-corrected chi connectivity index (χ2v) is 6.63. The molecule has 0 aliphatic carbocycles. The van der Waals surface area contributed by atoms with Crippen LogP contribution in [0.1, 0.15) is 12.0 Å². The second-order valence-electron chi connectivity index (χ2n) is 6.20. The minimum Gasteiger partial charge on any atom is -0.544 e. The largest absolute Gasteiger partial charge is 0.544 e. The number of carboxylic acids is 1. The molecule has 2 rings (SSSR count). The number of piperazine rings is 1. The van der Waals surface area contributed by atoms with Crippen LogP contribution >= 0.6 is 11.6 Å². The molecule has 1 amide bonds. The van der Waals surface area contributed by atoms with Gasteiger partial charge in [0, 0.05) is 10.7 Å². The zero-order valence-corrected chi connectivity index (χ0v) is 14.2. The average Bonchev–Trinajstić information content (AvgIpc) is 2.49. The van der Waals surface area contributed by atoms with Crippen molar-refractivity contribution in [3.05, 3.63) is 28.8 Å². The summed E-state index contributed by atoms with van der Waals surface area (Å²) in [5, 5.41) is 14.7. The first kappa shape index (κ1) is 17.7. The number of likely N-dealkylation sites (N-methyl/N-ethyl adjacent to an activating group) is 1. The minimum absolute atomic E-state index is 0.0946. The van der Waals surface area contributed by atoms with Crippen molar-refractivity contribution in [2.24, 2.45) is 0 Å². The van der Waals surface area contributed by atoms with Crippen molar-refractivity contribution < 1.29 is 24.5 Å². The lowest BCUT2D eigenvalue weighted by Crippen LogP contribution is -3.29. The Morgan fingerprint density at radius 3 is 2.57 bits per heavy atom. The summed E-state index contributed by atoms with van der Waals surface area (Å²) in [6, 6.07) is 4.40. The molecule has 1 aliphatic heterocycles. The van der Waals surface area contributed by atoms with E-state index in [0.717, 1.165) is 36.6 Å². The predicted octanol–water partition coefficient (Wildman–Crippen LogP) is -2.49. The zero-order chi connectivity index (χ0) is 17.0. The summed E-state index contributed by atoms with van der Waals surface area (Å²) in [6.45, 7) is 5.11. The monoisotopic (exact) mass is 340 g/mol. The van der Waals surface area contributed by atoms with E-state index in [9.17, 15) is 14.7 Å². The van der Waals surface area contributed by atoms with Gasteiger partial charge in [0.1, 0.15) is 32.2 Å². The van der Waals surface area contributed by atoms with Gasteiger partial charge in [-0.25, -0.2) is 0 Å². The van der Waals surface area contributed by atoms with Gasteiger partial charge in [0.15, 0.2) is 0 Å². The van der Waals surface area contributed by atoms with Gasteiger partial charge in [-0.15, -0.1) is 0 Å². The predicted molar refractivity (Wildman–Crippen MR) is 85.5 cm³/mol. The molecule has 3 N–H and O–H groups in total. The summed E-state index contributed by atoms with van der Waals surface area (Å²) in [5.41, 5.74) is 1.49. The molecule has 7 heteroatoms. The van der Waals surface area contributed by atoms with E-state index < -0.39 is 12.0 Å². The number of carbonyl (C=O) groups excluding carboxylic acids is 2. The third-order valence-corrected chi connectivity index (χ3v) is 4.62. The van der Waals surface area contributed by atoms with E-state index in [4.69, 9.17) is 11.6 Å².